The van der Waals surface area contributed by atoms with Crippen molar-refractivity contribution in [1.82, 2.24) is 9.97 Å². The van der Waals surface area contributed by atoms with Crippen LogP contribution in [0.25, 0.3) is 11.0 Å². The van der Waals surface area contributed by atoms with Crippen molar-refractivity contribution in [1.29, 1.82) is 0 Å². The number of thiol groups is 1. The lowest BCUT2D eigenvalue weighted by atomic mass is 10.1. The second kappa shape index (κ2) is 3.34. The third-order valence-corrected chi connectivity index (χ3v) is 2.49. The molecule has 0 aliphatic rings. The molecule has 72 valence electrons. The topological polar surface area (TPSA) is 66.0 Å². The van der Waals surface area contributed by atoms with Crippen LogP contribution in [0.3, 0.4) is 0 Å². The lowest BCUT2D eigenvalue weighted by Gasteiger charge is -2.01. The van der Waals surface area contributed by atoms with Crippen molar-refractivity contribution in [3.05, 3.63) is 24.0 Å². The van der Waals surface area contributed by atoms with E-state index in [0.717, 1.165) is 5.52 Å². The predicted molar refractivity (Wildman–Crippen MR) is 54.7 cm³/mol. The van der Waals surface area contributed by atoms with E-state index >= 15 is 0 Å². The van der Waals surface area contributed by atoms with Gasteiger partial charge in [0.15, 0.2) is 0 Å². The van der Waals surface area contributed by atoms with E-state index in [-0.39, 0.29) is 6.42 Å². The van der Waals surface area contributed by atoms with E-state index in [1.807, 2.05) is 0 Å². The maximum absolute atomic E-state index is 10.5. The lowest BCUT2D eigenvalue weighted by molar-refractivity contribution is -0.136. The molecule has 0 saturated heterocycles. The monoisotopic (exact) mass is 208 g/mol. The van der Waals surface area contributed by atoms with Crippen LogP contribution in [0.1, 0.15) is 5.56 Å². The minimum absolute atomic E-state index is 0.0262. The van der Waals surface area contributed by atoms with Crippen LogP contribution in [-0.2, 0) is 11.2 Å². The van der Waals surface area contributed by atoms with Gasteiger partial charge in [0.2, 0.25) is 0 Å². The Hall–Kier alpha value is -1.49. The number of fused-ring (bicyclic) bond motifs is 1. The summed E-state index contributed by atoms with van der Waals surface area (Å²) in [6, 6.07) is 3.55. The molecule has 1 aromatic heterocycles. The quantitative estimate of drug-likeness (QED) is 0.655. The number of rotatable bonds is 2. The molecule has 0 fully saturated rings. The molecule has 0 bridgehead atoms. The van der Waals surface area contributed by atoms with Crippen molar-refractivity contribution >= 4 is 29.6 Å². The zero-order valence-electron chi connectivity index (χ0n) is 7.19. The molecule has 2 aromatic rings. The van der Waals surface area contributed by atoms with E-state index in [4.69, 9.17) is 5.11 Å². The second-order valence-corrected chi connectivity index (χ2v) is 3.39. The molecule has 0 aliphatic carbocycles. The van der Waals surface area contributed by atoms with Gasteiger partial charge in [-0.15, -0.1) is 12.6 Å². The number of carbonyl (C=O) groups is 1. The van der Waals surface area contributed by atoms with E-state index in [1.54, 1.807) is 18.5 Å². The fourth-order valence-electron chi connectivity index (χ4n) is 1.34. The Bertz CT molecular complexity index is 493. The Morgan fingerprint density at radius 2 is 2.36 bits per heavy atom. The molecule has 0 atom stereocenters. The van der Waals surface area contributed by atoms with Crippen molar-refractivity contribution in [2.75, 3.05) is 0 Å². The zero-order chi connectivity index (χ0) is 10.1. The van der Waals surface area contributed by atoms with Gasteiger partial charge in [-0.3, -0.25) is 4.79 Å². The molecular weight excluding hydrogens is 200 g/mol. The molecule has 4 nitrogen and oxygen atoms in total. The molecule has 0 saturated carbocycles. The summed E-state index contributed by atoms with van der Waals surface area (Å²) < 4.78 is 0. The van der Waals surface area contributed by atoms with Crippen molar-refractivity contribution in [3.63, 3.8) is 0 Å². The molecule has 5 heteroatoms. The van der Waals surface area contributed by atoms with E-state index in [9.17, 15) is 4.79 Å². The van der Waals surface area contributed by atoms with Crippen LogP contribution in [0.5, 0.6) is 0 Å². The highest BCUT2D eigenvalue weighted by Gasteiger charge is 2.08. The molecule has 1 aromatic carbocycles. The minimum atomic E-state index is -0.866. The molecule has 2 N–H and O–H groups in total. The third-order valence-electron chi connectivity index (χ3n) is 1.99. The summed E-state index contributed by atoms with van der Waals surface area (Å²) in [6.45, 7) is 0. The van der Waals surface area contributed by atoms with Gasteiger partial charge in [-0.25, -0.2) is 4.98 Å². The summed E-state index contributed by atoms with van der Waals surface area (Å²) >= 11 is 4.26. The fourth-order valence-corrected chi connectivity index (χ4v) is 1.67. The predicted octanol–water partition coefficient (Wildman–Crippen LogP) is 1.48. The fraction of sp³-hybridized carbons (Fsp3) is 0.111. The smallest absolute Gasteiger partial charge is 0.307 e. The number of H-pyrrole nitrogens is 1. The molecule has 2 rings (SSSR count). The van der Waals surface area contributed by atoms with Gasteiger partial charge < -0.3 is 10.1 Å². The molecule has 1 heterocycles. The number of hydrogen-bond donors (Lipinski definition) is 3. The van der Waals surface area contributed by atoms with Crippen LogP contribution in [-0.4, -0.2) is 21.0 Å². The lowest BCUT2D eigenvalue weighted by Crippen LogP contribution is -2.01. The number of aliphatic carboxylic acids is 1. The van der Waals surface area contributed by atoms with Crippen LogP contribution >= 0.6 is 12.6 Å². The van der Waals surface area contributed by atoms with E-state index in [1.165, 1.54) is 0 Å². The number of imidazole rings is 1. The molecule has 14 heavy (non-hydrogen) atoms. The van der Waals surface area contributed by atoms with Crippen LogP contribution in [0.4, 0.5) is 0 Å². The standard InChI is InChI=1S/C9H8N2O2S/c12-7(13)3-5-1-2-6-8(9(5)14)11-4-10-6/h1-2,4,14H,3H2,(H,10,11)(H,12,13). The summed E-state index contributed by atoms with van der Waals surface area (Å²) in [7, 11) is 0. The first-order valence-electron chi connectivity index (χ1n) is 4.04. The van der Waals surface area contributed by atoms with Gasteiger partial charge in [0.05, 0.1) is 18.3 Å². The average molecular weight is 208 g/mol. The first-order valence-corrected chi connectivity index (χ1v) is 4.49. The molecular formula is C9H8N2O2S. The number of hydrogen-bond acceptors (Lipinski definition) is 3. The van der Waals surface area contributed by atoms with Crippen molar-refractivity contribution < 1.29 is 9.90 Å². The zero-order valence-corrected chi connectivity index (χ0v) is 8.08. The van der Waals surface area contributed by atoms with E-state index in [2.05, 4.69) is 22.6 Å². The van der Waals surface area contributed by atoms with Crippen LogP contribution in [0.2, 0.25) is 0 Å². The molecule has 0 spiro atoms. The summed E-state index contributed by atoms with van der Waals surface area (Å²) in [4.78, 5) is 18.2. The summed E-state index contributed by atoms with van der Waals surface area (Å²) in [6.07, 6.45) is 1.54. The maximum Gasteiger partial charge on any atom is 0.307 e. The van der Waals surface area contributed by atoms with Crippen molar-refractivity contribution in [2.45, 2.75) is 11.3 Å². The van der Waals surface area contributed by atoms with Gasteiger partial charge in [0, 0.05) is 4.90 Å². The minimum Gasteiger partial charge on any atom is -0.481 e. The second-order valence-electron chi connectivity index (χ2n) is 2.94. The first kappa shape index (κ1) is 9.08. The summed E-state index contributed by atoms with van der Waals surface area (Å²) in [5, 5.41) is 8.65. The van der Waals surface area contributed by atoms with Crippen molar-refractivity contribution in [2.24, 2.45) is 0 Å². The van der Waals surface area contributed by atoms with Crippen LogP contribution in [0, 0.1) is 0 Å². The van der Waals surface area contributed by atoms with Crippen LogP contribution < -0.4 is 0 Å². The van der Waals surface area contributed by atoms with Gasteiger partial charge in [0.1, 0.15) is 5.52 Å². The van der Waals surface area contributed by atoms with E-state index in [0.29, 0.717) is 16.0 Å². The van der Waals surface area contributed by atoms with Gasteiger partial charge in [-0.1, -0.05) is 6.07 Å². The largest absolute Gasteiger partial charge is 0.481 e. The van der Waals surface area contributed by atoms with E-state index < -0.39 is 5.97 Å². The van der Waals surface area contributed by atoms with Gasteiger partial charge in [0.25, 0.3) is 0 Å². The molecule has 0 amide bonds. The number of nitrogens with zero attached hydrogens (tertiary/aromatic N) is 1. The number of nitrogens with one attached hydrogen (secondary N) is 1. The van der Waals surface area contributed by atoms with Gasteiger partial charge in [-0.05, 0) is 11.6 Å². The Labute approximate surface area is 85.4 Å². The molecule has 0 unspecified atom stereocenters. The highest BCUT2D eigenvalue weighted by atomic mass is 32.1. The maximum atomic E-state index is 10.5. The number of benzene rings is 1. The Morgan fingerprint density at radius 3 is 3.07 bits per heavy atom. The number of carboxylic acid groups (broad SMARTS) is 1. The average Bonchev–Trinajstić information content (AvgIpc) is 2.57. The number of aromatic amines is 1. The summed E-state index contributed by atoms with van der Waals surface area (Å²) in [5.74, 6) is -0.866. The summed E-state index contributed by atoms with van der Waals surface area (Å²) in [5.41, 5.74) is 2.26. The SMILES string of the molecule is O=C(O)Cc1ccc2[nH]cnc2c1S. The van der Waals surface area contributed by atoms with Crippen molar-refractivity contribution in [3.8, 4) is 0 Å². The molecule has 0 radical (unpaired) electrons. The Morgan fingerprint density at radius 1 is 1.57 bits per heavy atom. The number of aromatic nitrogens is 2. The highest BCUT2D eigenvalue weighted by molar-refractivity contribution is 7.80. The van der Waals surface area contributed by atoms with Gasteiger partial charge >= 0.3 is 5.97 Å². The molecule has 0 aliphatic heterocycles. The number of carboxylic acids is 1. The highest BCUT2D eigenvalue weighted by Crippen LogP contribution is 2.23. The Kier molecular flexibility index (Phi) is 2.17. The van der Waals surface area contributed by atoms with Gasteiger partial charge in [-0.2, -0.15) is 0 Å². The Balaban J connectivity index is 2.56. The first-order chi connectivity index (χ1) is 6.68. The normalized spacial score (nSPS) is 10.6. The third kappa shape index (κ3) is 1.46. The van der Waals surface area contributed by atoms with Crippen LogP contribution in [0.15, 0.2) is 23.4 Å².